The number of halogens is 1. The Balaban J connectivity index is 2.06. The molecular formula is C15H21ClN2. The first-order valence-electron chi connectivity index (χ1n) is 6.87. The van der Waals surface area contributed by atoms with Gasteiger partial charge in [-0.05, 0) is 25.0 Å². The van der Waals surface area contributed by atoms with Gasteiger partial charge in [0.05, 0.1) is 11.0 Å². The number of alkyl halides is 1. The average molecular weight is 265 g/mol. The molecular weight excluding hydrogens is 244 g/mol. The quantitative estimate of drug-likeness (QED) is 0.535. The highest BCUT2D eigenvalue weighted by atomic mass is 35.5. The molecule has 0 atom stereocenters. The highest BCUT2D eigenvalue weighted by Crippen LogP contribution is 2.17. The van der Waals surface area contributed by atoms with Gasteiger partial charge in [-0.2, -0.15) is 0 Å². The summed E-state index contributed by atoms with van der Waals surface area (Å²) in [6, 6.07) is 8.41. The zero-order valence-corrected chi connectivity index (χ0v) is 11.8. The van der Waals surface area contributed by atoms with E-state index in [9.17, 15) is 0 Å². The Bertz CT molecular complexity index is 490. The highest BCUT2D eigenvalue weighted by Gasteiger charge is 2.07. The van der Waals surface area contributed by atoms with Crippen LogP contribution < -0.4 is 0 Å². The molecule has 0 fully saturated rings. The monoisotopic (exact) mass is 264 g/mol. The summed E-state index contributed by atoms with van der Waals surface area (Å²) >= 11 is 5.69. The van der Waals surface area contributed by atoms with Crippen molar-refractivity contribution in [2.75, 3.05) is 5.88 Å². The fraction of sp³-hybridized carbons (Fsp3) is 0.533. The van der Waals surface area contributed by atoms with Crippen LogP contribution in [0.15, 0.2) is 24.3 Å². The Morgan fingerprint density at radius 3 is 2.67 bits per heavy atom. The third-order valence-corrected chi connectivity index (χ3v) is 3.58. The van der Waals surface area contributed by atoms with Crippen molar-refractivity contribution in [2.24, 2.45) is 0 Å². The number of nitrogens with zero attached hydrogens (tertiary/aromatic N) is 2. The smallest absolute Gasteiger partial charge is 0.109 e. The first-order chi connectivity index (χ1) is 8.86. The highest BCUT2D eigenvalue weighted by molar-refractivity contribution is 6.17. The lowest BCUT2D eigenvalue weighted by Crippen LogP contribution is -2.03. The summed E-state index contributed by atoms with van der Waals surface area (Å²) in [5, 5.41) is 0. The van der Waals surface area contributed by atoms with Gasteiger partial charge in [0.1, 0.15) is 5.82 Å². The van der Waals surface area contributed by atoms with Crippen LogP contribution in [-0.2, 0) is 13.0 Å². The molecule has 0 amide bonds. The molecule has 2 aromatic rings. The maximum atomic E-state index is 5.69. The molecule has 1 heterocycles. The van der Waals surface area contributed by atoms with Crippen LogP contribution in [0.1, 0.15) is 38.4 Å². The van der Waals surface area contributed by atoms with Crippen LogP contribution in [-0.4, -0.2) is 15.4 Å². The molecule has 0 spiro atoms. The van der Waals surface area contributed by atoms with Crippen molar-refractivity contribution < 1.29 is 0 Å². The van der Waals surface area contributed by atoms with Crippen LogP contribution >= 0.6 is 11.6 Å². The number of aromatic nitrogens is 2. The van der Waals surface area contributed by atoms with Crippen molar-refractivity contribution in [1.29, 1.82) is 0 Å². The number of unbranched alkanes of at least 4 members (excludes halogenated alkanes) is 3. The summed E-state index contributed by atoms with van der Waals surface area (Å²) in [5.74, 6) is 1.99. The Labute approximate surface area is 114 Å². The van der Waals surface area contributed by atoms with Gasteiger partial charge in [0.2, 0.25) is 0 Å². The Hall–Kier alpha value is -1.02. The predicted octanol–water partition coefficient (Wildman–Crippen LogP) is 4.40. The molecule has 0 saturated carbocycles. The molecule has 2 nitrogen and oxygen atoms in total. The van der Waals surface area contributed by atoms with Gasteiger partial charge in [0.15, 0.2) is 0 Å². The normalized spacial score (nSPS) is 11.2. The number of para-hydroxylation sites is 2. The van der Waals surface area contributed by atoms with E-state index in [4.69, 9.17) is 11.6 Å². The van der Waals surface area contributed by atoms with E-state index in [1.807, 2.05) is 0 Å². The lowest BCUT2D eigenvalue weighted by atomic mass is 10.2. The summed E-state index contributed by atoms with van der Waals surface area (Å²) in [6.07, 6.45) is 5.83. The van der Waals surface area contributed by atoms with Gasteiger partial charge in [-0.1, -0.05) is 31.9 Å². The zero-order valence-electron chi connectivity index (χ0n) is 11.0. The van der Waals surface area contributed by atoms with E-state index in [1.54, 1.807) is 0 Å². The van der Waals surface area contributed by atoms with Crippen LogP contribution in [0, 0.1) is 0 Å². The van der Waals surface area contributed by atoms with Crippen molar-refractivity contribution in [1.82, 2.24) is 9.55 Å². The second-order valence-corrected chi connectivity index (χ2v) is 5.00. The number of fused-ring (bicyclic) bond motifs is 1. The third kappa shape index (κ3) is 3.05. The van der Waals surface area contributed by atoms with Crippen LogP contribution in [0.4, 0.5) is 0 Å². The molecule has 0 aliphatic carbocycles. The molecule has 0 radical (unpaired) electrons. The summed E-state index contributed by atoms with van der Waals surface area (Å²) < 4.78 is 2.37. The Morgan fingerprint density at radius 1 is 1.11 bits per heavy atom. The summed E-state index contributed by atoms with van der Waals surface area (Å²) in [4.78, 5) is 4.69. The lowest BCUT2D eigenvalue weighted by molar-refractivity contribution is 0.577. The Morgan fingerprint density at radius 2 is 1.89 bits per heavy atom. The molecule has 0 aliphatic rings. The standard InChI is InChI=1S/C15H21ClN2/c1-2-15-17-13-9-5-6-10-14(13)18(15)12-8-4-3-7-11-16/h5-6,9-10H,2-4,7-8,11-12H2,1H3. The number of hydrogen-bond acceptors (Lipinski definition) is 1. The Kier molecular flexibility index (Phi) is 5.06. The van der Waals surface area contributed by atoms with Gasteiger partial charge in [0, 0.05) is 18.8 Å². The molecule has 0 N–H and O–H groups in total. The first kappa shape index (κ1) is 13.4. The van der Waals surface area contributed by atoms with Gasteiger partial charge >= 0.3 is 0 Å². The molecule has 18 heavy (non-hydrogen) atoms. The van der Waals surface area contributed by atoms with Crippen LogP contribution in [0.2, 0.25) is 0 Å². The second kappa shape index (κ2) is 6.79. The van der Waals surface area contributed by atoms with E-state index in [2.05, 4.69) is 40.7 Å². The fourth-order valence-electron chi connectivity index (χ4n) is 2.36. The van der Waals surface area contributed by atoms with E-state index in [1.165, 1.54) is 30.6 Å². The lowest BCUT2D eigenvalue weighted by Gasteiger charge is -2.07. The predicted molar refractivity (Wildman–Crippen MR) is 78.3 cm³/mol. The molecule has 1 aromatic heterocycles. The van der Waals surface area contributed by atoms with E-state index in [0.29, 0.717) is 0 Å². The number of aryl methyl sites for hydroxylation is 2. The van der Waals surface area contributed by atoms with E-state index >= 15 is 0 Å². The first-order valence-corrected chi connectivity index (χ1v) is 7.40. The number of hydrogen-bond donors (Lipinski definition) is 0. The SMILES string of the molecule is CCc1nc2ccccc2n1CCCCCCCl. The largest absolute Gasteiger partial charge is 0.328 e. The summed E-state index contributed by atoms with van der Waals surface area (Å²) in [7, 11) is 0. The van der Waals surface area contributed by atoms with Crippen molar-refractivity contribution in [3.63, 3.8) is 0 Å². The topological polar surface area (TPSA) is 17.8 Å². The molecule has 3 heteroatoms. The van der Waals surface area contributed by atoms with Gasteiger partial charge in [-0.15, -0.1) is 11.6 Å². The summed E-state index contributed by atoms with van der Waals surface area (Å²) in [5.41, 5.74) is 2.39. The molecule has 1 aromatic carbocycles. The molecule has 2 rings (SSSR count). The van der Waals surface area contributed by atoms with E-state index in [-0.39, 0.29) is 0 Å². The van der Waals surface area contributed by atoms with E-state index in [0.717, 1.165) is 30.8 Å². The molecule has 0 aliphatic heterocycles. The average Bonchev–Trinajstić information content (AvgIpc) is 2.77. The minimum absolute atomic E-state index is 0.786. The zero-order chi connectivity index (χ0) is 12.8. The van der Waals surface area contributed by atoms with Crippen molar-refractivity contribution in [3.05, 3.63) is 30.1 Å². The molecule has 0 saturated heterocycles. The van der Waals surface area contributed by atoms with Crippen molar-refractivity contribution in [2.45, 2.75) is 45.6 Å². The van der Waals surface area contributed by atoms with Crippen LogP contribution in [0.25, 0.3) is 11.0 Å². The van der Waals surface area contributed by atoms with Gasteiger partial charge in [-0.25, -0.2) is 4.98 Å². The second-order valence-electron chi connectivity index (χ2n) is 4.63. The van der Waals surface area contributed by atoms with Gasteiger partial charge in [0.25, 0.3) is 0 Å². The number of imidazole rings is 1. The summed E-state index contributed by atoms with van der Waals surface area (Å²) in [6.45, 7) is 3.25. The maximum absolute atomic E-state index is 5.69. The molecule has 0 unspecified atom stereocenters. The van der Waals surface area contributed by atoms with Gasteiger partial charge < -0.3 is 4.57 Å². The molecule has 98 valence electrons. The maximum Gasteiger partial charge on any atom is 0.109 e. The molecule has 0 bridgehead atoms. The minimum Gasteiger partial charge on any atom is -0.328 e. The number of rotatable bonds is 7. The van der Waals surface area contributed by atoms with E-state index < -0.39 is 0 Å². The number of benzene rings is 1. The minimum atomic E-state index is 0.786. The van der Waals surface area contributed by atoms with Crippen LogP contribution in [0.5, 0.6) is 0 Å². The van der Waals surface area contributed by atoms with Crippen LogP contribution in [0.3, 0.4) is 0 Å². The third-order valence-electron chi connectivity index (χ3n) is 3.32. The van der Waals surface area contributed by atoms with Gasteiger partial charge in [-0.3, -0.25) is 0 Å². The van der Waals surface area contributed by atoms with Crippen molar-refractivity contribution in [3.8, 4) is 0 Å². The fourth-order valence-corrected chi connectivity index (χ4v) is 2.55. The van der Waals surface area contributed by atoms with Crippen molar-refractivity contribution >= 4 is 22.6 Å².